The summed E-state index contributed by atoms with van der Waals surface area (Å²) in [7, 11) is 2.20. The van der Waals surface area contributed by atoms with Crippen molar-refractivity contribution in [3.05, 3.63) is 161 Å². The summed E-state index contributed by atoms with van der Waals surface area (Å²) in [5.41, 5.74) is 19.6. The lowest BCUT2D eigenvalue weighted by atomic mass is 9.85. The molecule has 298 valence electrons. The Morgan fingerprint density at radius 3 is 2.14 bits per heavy atom. The molecule has 4 aromatic carbocycles. The molecular formula is C54H64N4+2. The van der Waals surface area contributed by atoms with Crippen LogP contribution in [-0.2, 0) is 19.9 Å². The van der Waals surface area contributed by atoms with E-state index in [-0.39, 0.29) is 5.92 Å². The van der Waals surface area contributed by atoms with Gasteiger partial charge >= 0.3 is 0 Å². The Labute approximate surface area is 348 Å². The van der Waals surface area contributed by atoms with Gasteiger partial charge in [-0.1, -0.05) is 124 Å². The van der Waals surface area contributed by atoms with E-state index in [1.165, 1.54) is 78.2 Å². The summed E-state index contributed by atoms with van der Waals surface area (Å²) in [6.45, 7) is 29.6. The number of fused-ring (bicyclic) bond motifs is 3. The maximum absolute atomic E-state index is 4.36. The summed E-state index contributed by atoms with van der Waals surface area (Å²) < 4.78 is 9.69. The highest BCUT2D eigenvalue weighted by atomic mass is 15.2. The van der Waals surface area contributed by atoms with Crippen LogP contribution in [0.2, 0.25) is 0 Å². The van der Waals surface area contributed by atoms with Gasteiger partial charge in [0.15, 0.2) is 0 Å². The molecular weight excluding hydrogens is 705 g/mol. The average Bonchev–Trinajstić information content (AvgIpc) is 3.91. The van der Waals surface area contributed by atoms with Gasteiger partial charge in [-0.2, -0.15) is 13.7 Å². The lowest BCUT2D eigenvalue weighted by Crippen LogP contribution is -2.36. The van der Waals surface area contributed by atoms with Gasteiger partial charge in [0.2, 0.25) is 0 Å². The Hall–Kier alpha value is -5.48. The number of aromatic nitrogens is 4. The Kier molecular flexibility index (Phi) is 11.5. The lowest BCUT2D eigenvalue weighted by Gasteiger charge is -2.22. The fourth-order valence-corrected chi connectivity index (χ4v) is 9.38. The zero-order chi connectivity index (χ0) is 41.6. The number of benzene rings is 4. The quantitative estimate of drug-likeness (QED) is 0.0870. The van der Waals surface area contributed by atoms with E-state index >= 15 is 0 Å². The van der Waals surface area contributed by atoms with E-state index in [0.29, 0.717) is 17.8 Å². The third-order valence-electron chi connectivity index (χ3n) is 12.3. The lowest BCUT2D eigenvalue weighted by molar-refractivity contribution is -0.660. The molecule has 0 saturated carbocycles. The molecule has 0 bridgehead atoms. The maximum atomic E-state index is 4.36. The van der Waals surface area contributed by atoms with Crippen LogP contribution in [0.3, 0.4) is 0 Å². The van der Waals surface area contributed by atoms with Crippen LogP contribution in [-0.4, -0.2) is 9.13 Å². The summed E-state index contributed by atoms with van der Waals surface area (Å²) >= 11 is 0. The number of rotatable bonds is 12. The van der Waals surface area contributed by atoms with Crippen LogP contribution in [0.1, 0.15) is 114 Å². The number of hydrogen-bond donors (Lipinski definition) is 0. The van der Waals surface area contributed by atoms with Crippen molar-refractivity contribution >= 4 is 5.70 Å². The van der Waals surface area contributed by atoms with Crippen molar-refractivity contribution in [1.82, 2.24) is 9.13 Å². The zero-order valence-electron chi connectivity index (χ0n) is 37.1. The highest BCUT2D eigenvalue weighted by molar-refractivity contribution is 5.82. The summed E-state index contributed by atoms with van der Waals surface area (Å²) in [6, 6.07) is 27.7. The normalized spacial score (nSPS) is 13.2. The monoisotopic (exact) mass is 769 g/mol. The Balaban J connectivity index is 1.55. The Morgan fingerprint density at radius 2 is 1.52 bits per heavy atom. The molecule has 0 atom stereocenters. The first kappa shape index (κ1) is 40.7. The minimum Gasteiger partial charge on any atom is -0.232 e. The third-order valence-corrected chi connectivity index (χ3v) is 12.3. The van der Waals surface area contributed by atoms with E-state index in [9.17, 15) is 0 Å². The smallest absolute Gasteiger partial charge is 0.232 e. The molecule has 0 fully saturated rings. The number of hydrogen-bond acceptors (Lipinski definition) is 0. The molecule has 4 heteroatoms. The average molecular weight is 769 g/mol. The molecule has 4 nitrogen and oxygen atoms in total. The van der Waals surface area contributed by atoms with Crippen molar-refractivity contribution in [1.29, 1.82) is 0 Å². The van der Waals surface area contributed by atoms with Crippen LogP contribution >= 0.6 is 0 Å². The van der Waals surface area contributed by atoms with Crippen LogP contribution in [0.25, 0.3) is 51.0 Å². The van der Waals surface area contributed by atoms with E-state index in [1.54, 1.807) is 0 Å². The van der Waals surface area contributed by atoms with Crippen LogP contribution < -0.4 is 9.13 Å². The SMILES string of the molecule is C=C/C(=C(\C(=C/C)C(C)C)n1cc[n+](-c2cc(C)ccc2-c2n(-c3c(C(C)C)cc4c(c3C(C)C)Cc3ccccc3-4)cc[n+]2C)c1-c1ccc(CC)cc1)C(C)C. The maximum Gasteiger partial charge on any atom is 0.299 e. The van der Waals surface area contributed by atoms with E-state index in [1.807, 2.05) is 0 Å². The summed E-state index contributed by atoms with van der Waals surface area (Å²) in [5, 5.41) is 0. The second kappa shape index (κ2) is 16.4. The molecule has 0 aliphatic heterocycles. The van der Waals surface area contributed by atoms with Crippen molar-refractivity contribution in [2.45, 2.75) is 101 Å². The minimum atomic E-state index is 0.287. The predicted molar refractivity (Wildman–Crippen MR) is 245 cm³/mol. The zero-order valence-corrected chi connectivity index (χ0v) is 37.1. The molecule has 2 aromatic heterocycles. The largest absolute Gasteiger partial charge is 0.299 e. The third kappa shape index (κ3) is 7.05. The highest BCUT2D eigenvalue weighted by Gasteiger charge is 2.36. The van der Waals surface area contributed by atoms with E-state index < -0.39 is 0 Å². The van der Waals surface area contributed by atoms with Gasteiger partial charge in [-0.25, -0.2) is 4.57 Å². The van der Waals surface area contributed by atoms with Crippen molar-refractivity contribution in [3.63, 3.8) is 0 Å². The number of imidazole rings is 2. The van der Waals surface area contributed by atoms with E-state index in [2.05, 4.69) is 218 Å². The van der Waals surface area contributed by atoms with E-state index in [4.69, 9.17) is 0 Å². The van der Waals surface area contributed by atoms with Crippen molar-refractivity contribution in [2.24, 2.45) is 18.9 Å². The van der Waals surface area contributed by atoms with Gasteiger partial charge in [0.05, 0.1) is 12.6 Å². The summed E-state index contributed by atoms with van der Waals surface area (Å²) in [5.74, 6) is 3.55. The van der Waals surface area contributed by atoms with Crippen molar-refractivity contribution < 1.29 is 9.13 Å². The van der Waals surface area contributed by atoms with Crippen LogP contribution in [0.4, 0.5) is 0 Å². The molecule has 0 saturated heterocycles. The van der Waals surface area contributed by atoms with E-state index in [0.717, 1.165) is 30.2 Å². The van der Waals surface area contributed by atoms with Crippen LogP contribution in [0, 0.1) is 18.8 Å². The van der Waals surface area contributed by atoms with Gasteiger partial charge in [0.25, 0.3) is 11.6 Å². The molecule has 1 aliphatic rings. The fraction of sp³-hybridized carbons (Fsp3) is 0.333. The Bertz CT molecular complexity index is 2560. The highest BCUT2D eigenvalue weighted by Crippen LogP contribution is 2.46. The van der Waals surface area contributed by atoms with Gasteiger partial charge < -0.3 is 0 Å². The van der Waals surface area contributed by atoms with Gasteiger partial charge in [-0.15, -0.1) is 0 Å². The molecule has 0 unspecified atom stereocenters. The minimum absolute atomic E-state index is 0.287. The van der Waals surface area contributed by atoms with Crippen molar-refractivity contribution in [3.8, 4) is 45.3 Å². The molecule has 0 amide bonds. The first-order valence-corrected chi connectivity index (χ1v) is 21.5. The molecule has 58 heavy (non-hydrogen) atoms. The standard InChI is InChI=1S/C54H64N4/c1-14-39-22-24-40(25-23-39)53-56(29-30-57(53)51(42(15-2)34(4)5)43(16-3)35(6)7)49-31-38(12)21-26-45(49)54-55(13)27-28-58(54)52-46(36(8)9)33-47-44-20-18-17-19-41(44)32-48(47)50(52)37(10)11/h15-31,33-37H,2,14,32H2,1,3-13H3/q+2/b43-16-,51-42-. The van der Waals surface area contributed by atoms with Crippen molar-refractivity contribution in [2.75, 3.05) is 0 Å². The molecule has 0 N–H and O–H groups in total. The molecule has 0 radical (unpaired) electrons. The predicted octanol–water partition coefficient (Wildman–Crippen LogP) is 13.1. The van der Waals surface area contributed by atoms with Crippen LogP contribution in [0.5, 0.6) is 0 Å². The second-order valence-electron chi connectivity index (χ2n) is 17.5. The summed E-state index contributed by atoms with van der Waals surface area (Å²) in [4.78, 5) is 0. The number of allylic oxidation sites excluding steroid dienone is 5. The first-order valence-electron chi connectivity index (χ1n) is 21.5. The molecule has 6 aromatic rings. The number of nitrogens with zero attached hydrogens (tertiary/aromatic N) is 4. The summed E-state index contributed by atoms with van der Waals surface area (Å²) in [6.07, 6.45) is 15.4. The molecule has 2 heterocycles. The second-order valence-corrected chi connectivity index (χ2v) is 17.5. The molecule has 0 spiro atoms. The van der Waals surface area contributed by atoms with Crippen LogP contribution in [0.15, 0.2) is 127 Å². The van der Waals surface area contributed by atoms with Gasteiger partial charge in [0.1, 0.15) is 47.4 Å². The fourth-order valence-electron chi connectivity index (χ4n) is 9.38. The number of aryl methyl sites for hydroxylation is 3. The molecule has 1 aliphatic carbocycles. The first-order chi connectivity index (χ1) is 27.8. The molecule has 7 rings (SSSR count). The Morgan fingerprint density at radius 1 is 0.793 bits per heavy atom. The van der Waals surface area contributed by atoms with Gasteiger partial charge in [-0.3, -0.25) is 0 Å². The van der Waals surface area contributed by atoms with Gasteiger partial charge in [0, 0.05) is 16.7 Å². The topological polar surface area (TPSA) is 17.6 Å². The van der Waals surface area contributed by atoms with Gasteiger partial charge in [-0.05, 0) is 120 Å².